The highest BCUT2D eigenvalue weighted by molar-refractivity contribution is 7.15. The monoisotopic (exact) mass is 401 g/mol. The Bertz CT molecular complexity index is 1020. The SMILES string of the molecule is Clc1ccc(CCNCc2c(-c3ccccc3)nc3sccn23)cc1Cl. The van der Waals surface area contributed by atoms with E-state index in [-0.39, 0.29) is 0 Å². The van der Waals surface area contributed by atoms with Gasteiger partial charge in [-0.1, -0.05) is 59.6 Å². The van der Waals surface area contributed by atoms with Crippen LogP contribution in [0.2, 0.25) is 10.0 Å². The molecular formula is C20H17Cl2N3S. The second-order valence-electron chi connectivity index (χ2n) is 6.00. The number of hydrogen-bond donors (Lipinski definition) is 1. The van der Waals surface area contributed by atoms with Crippen LogP contribution < -0.4 is 5.32 Å². The molecule has 0 radical (unpaired) electrons. The molecule has 0 saturated heterocycles. The fourth-order valence-electron chi connectivity index (χ4n) is 2.96. The fraction of sp³-hybridized carbons (Fsp3) is 0.150. The first-order valence-corrected chi connectivity index (χ1v) is 10.0. The molecule has 0 spiro atoms. The van der Waals surface area contributed by atoms with Gasteiger partial charge in [0, 0.05) is 23.7 Å². The number of halogens is 2. The Hall–Kier alpha value is -1.85. The van der Waals surface area contributed by atoms with E-state index in [0.29, 0.717) is 10.0 Å². The fourth-order valence-corrected chi connectivity index (χ4v) is 4.02. The normalized spacial score (nSPS) is 11.3. The minimum atomic E-state index is 0.593. The molecule has 132 valence electrons. The van der Waals surface area contributed by atoms with Crippen LogP contribution in [0, 0.1) is 0 Å². The summed E-state index contributed by atoms with van der Waals surface area (Å²) in [5, 5.41) is 6.79. The highest BCUT2D eigenvalue weighted by Gasteiger charge is 2.14. The summed E-state index contributed by atoms with van der Waals surface area (Å²) in [6.07, 6.45) is 2.97. The first-order chi connectivity index (χ1) is 12.7. The molecule has 4 aromatic rings. The lowest BCUT2D eigenvalue weighted by Crippen LogP contribution is -2.18. The third-order valence-electron chi connectivity index (χ3n) is 4.28. The lowest BCUT2D eigenvalue weighted by atomic mass is 10.1. The number of fused-ring (bicyclic) bond motifs is 1. The highest BCUT2D eigenvalue weighted by Crippen LogP contribution is 2.26. The number of thiazole rings is 1. The molecule has 2 aromatic heterocycles. The van der Waals surface area contributed by atoms with Gasteiger partial charge in [0.15, 0.2) is 4.96 Å². The van der Waals surface area contributed by atoms with E-state index < -0.39 is 0 Å². The molecule has 1 N–H and O–H groups in total. The molecule has 26 heavy (non-hydrogen) atoms. The number of benzene rings is 2. The summed E-state index contributed by atoms with van der Waals surface area (Å²) in [6.45, 7) is 1.60. The third kappa shape index (κ3) is 3.64. The van der Waals surface area contributed by atoms with Gasteiger partial charge in [-0.25, -0.2) is 4.98 Å². The Kier molecular flexibility index (Phi) is 5.27. The lowest BCUT2D eigenvalue weighted by molar-refractivity contribution is 0.673. The van der Waals surface area contributed by atoms with Gasteiger partial charge in [-0.3, -0.25) is 4.40 Å². The minimum absolute atomic E-state index is 0.593. The van der Waals surface area contributed by atoms with Crippen molar-refractivity contribution in [1.82, 2.24) is 14.7 Å². The largest absolute Gasteiger partial charge is 0.311 e. The van der Waals surface area contributed by atoms with E-state index in [1.165, 1.54) is 11.3 Å². The van der Waals surface area contributed by atoms with Crippen LogP contribution in [0.5, 0.6) is 0 Å². The van der Waals surface area contributed by atoms with E-state index in [1.54, 1.807) is 11.3 Å². The second-order valence-corrected chi connectivity index (χ2v) is 7.69. The van der Waals surface area contributed by atoms with Crippen molar-refractivity contribution in [3.05, 3.63) is 81.4 Å². The van der Waals surface area contributed by atoms with Crippen molar-refractivity contribution in [2.24, 2.45) is 0 Å². The molecule has 0 atom stereocenters. The predicted molar refractivity (Wildman–Crippen MR) is 110 cm³/mol. The van der Waals surface area contributed by atoms with E-state index in [4.69, 9.17) is 28.2 Å². The number of nitrogens with zero attached hydrogens (tertiary/aromatic N) is 2. The predicted octanol–water partition coefficient (Wildman–Crippen LogP) is 5.70. The molecule has 0 unspecified atom stereocenters. The van der Waals surface area contributed by atoms with E-state index >= 15 is 0 Å². The van der Waals surface area contributed by atoms with E-state index in [9.17, 15) is 0 Å². The van der Waals surface area contributed by atoms with Crippen LogP contribution >= 0.6 is 34.5 Å². The van der Waals surface area contributed by atoms with Gasteiger partial charge in [0.1, 0.15) is 0 Å². The highest BCUT2D eigenvalue weighted by atomic mass is 35.5. The van der Waals surface area contributed by atoms with Gasteiger partial charge in [0.25, 0.3) is 0 Å². The maximum atomic E-state index is 6.09. The van der Waals surface area contributed by atoms with Gasteiger partial charge in [0.2, 0.25) is 0 Å². The number of imidazole rings is 1. The maximum Gasteiger partial charge on any atom is 0.194 e. The van der Waals surface area contributed by atoms with Crippen molar-refractivity contribution in [3.63, 3.8) is 0 Å². The van der Waals surface area contributed by atoms with Crippen LogP contribution in [-0.4, -0.2) is 15.9 Å². The molecule has 0 aliphatic heterocycles. The van der Waals surface area contributed by atoms with Gasteiger partial charge in [-0.05, 0) is 30.7 Å². The topological polar surface area (TPSA) is 29.3 Å². The Balaban J connectivity index is 1.48. The Morgan fingerprint density at radius 2 is 1.88 bits per heavy atom. The summed E-state index contributed by atoms with van der Waals surface area (Å²) < 4.78 is 2.17. The molecule has 0 saturated carbocycles. The zero-order valence-corrected chi connectivity index (χ0v) is 16.3. The van der Waals surface area contributed by atoms with Crippen LogP contribution in [0.15, 0.2) is 60.1 Å². The smallest absolute Gasteiger partial charge is 0.194 e. The van der Waals surface area contributed by atoms with Gasteiger partial charge in [-0.15, -0.1) is 11.3 Å². The summed E-state index contributed by atoms with van der Waals surface area (Å²) in [6, 6.07) is 16.1. The van der Waals surface area contributed by atoms with Crippen LogP contribution in [0.3, 0.4) is 0 Å². The molecule has 0 bridgehead atoms. The Morgan fingerprint density at radius 1 is 1.04 bits per heavy atom. The van der Waals surface area contributed by atoms with Gasteiger partial charge in [0.05, 0.1) is 21.4 Å². The van der Waals surface area contributed by atoms with Crippen molar-refractivity contribution < 1.29 is 0 Å². The van der Waals surface area contributed by atoms with Crippen LogP contribution in [0.4, 0.5) is 0 Å². The lowest BCUT2D eigenvalue weighted by Gasteiger charge is -2.08. The standard InChI is InChI=1S/C20H17Cl2N3S/c21-16-7-6-14(12-17(16)22)8-9-23-13-18-19(15-4-2-1-3-5-15)24-20-25(18)10-11-26-20/h1-7,10-12,23H,8-9,13H2. The van der Waals surface area contributed by atoms with Gasteiger partial charge in [-0.2, -0.15) is 0 Å². The zero-order chi connectivity index (χ0) is 17.9. The molecule has 2 aromatic carbocycles. The average Bonchev–Trinajstić information content (AvgIpc) is 3.24. The van der Waals surface area contributed by atoms with Crippen molar-refractivity contribution in [3.8, 4) is 11.3 Å². The summed E-state index contributed by atoms with van der Waals surface area (Å²) in [4.78, 5) is 5.83. The molecule has 6 heteroatoms. The summed E-state index contributed by atoms with van der Waals surface area (Å²) in [5.74, 6) is 0. The molecule has 0 fully saturated rings. The molecule has 3 nitrogen and oxygen atoms in total. The molecule has 2 heterocycles. The second kappa shape index (κ2) is 7.80. The Labute approximate surface area is 166 Å². The number of nitrogens with one attached hydrogen (secondary N) is 1. The van der Waals surface area contributed by atoms with Crippen molar-refractivity contribution in [1.29, 1.82) is 0 Å². The first kappa shape index (κ1) is 17.6. The van der Waals surface area contributed by atoms with Gasteiger partial charge < -0.3 is 5.32 Å². The van der Waals surface area contributed by atoms with E-state index in [1.807, 2.05) is 36.4 Å². The van der Waals surface area contributed by atoms with Crippen molar-refractivity contribution in [2.45, 2.75) is 13.0 Å². The number of hydrogen-bond acceptors (Lipinski definition) is 3. The molecule has 0 aliphatic rings. The minimum Gasteiger partial charge on any atom is -0.311 e. The van der Waals surface area contributed by atoms with E-state index in [2.05, 4.69) is 33.4 Å². The van der Waals surface area contributed by atoms with E-state index in [0.717, 1.165) is 35.7 Å². The number of rotatable bonds is 6. The van der Waals surface area contributed by atoms with Gasteiger partial charge >= 0.3 is 0 Å². The molecule has 0 aliphatic carbocycles. The van der Waals surface area contributed by atoms with Crippen LogP contribution in [0.25, 0.3) is 16.2 Å². The number of aromatic nitrogens is 2. The third-order valence-corrected chi connectivity index (χ3v) is 5.77. The van der Waals surface area contributed by atoms with Crippen LogP contribution in [0.1, 0.15) is 11.3 Å². The summed E-state index contributed by atoms with van der Waals surface area (Å²) >= 11 is 13.7. The average molecular weight is 402 g/mol. The Morgan fingerprint density at radius 3 is 2.69 bits per heavy atom. The molecule has 0 amide bonds. The summed E-state index contributed by atoms with van der Waals surface area (Å²) in [7, 11) is 0. The summed E-state index contributed by atoms with van der Waals surface area (Å²) in [5.41, 5.74) is 4.54. The maximum absolute atomic E-state index is 6.09. The zero-order valence-electron chi connectivity index (χ0n) is 14.0. The van der Waals surface area contributed by atoms with Crippen molar-refractivity contribution in [2.75, 3.05) is 6.54 Å². The molecule has 4 rings (SSSR count). The first-order valence-electron chi connectivity index (χ1n) is 8.37. The van der Waals surface area contributed by atoms with Crippen molar-refractivity contribution >= 4 is 39.5 Å². The van der Waals surface area contributed by atoms with Crippen LogP contribution in [-0.2, 0) is 13.0 Å². The quantitative estimate of drug-likeness (QED) is 0.419. The molecular weight excluding hydrogens is 385 g/mol.